The summed E-state index contributed by atoms with van der Waals surface area (Å²) in [6.45, 7) is 13.2. The number of piperazine rings is 1. The number of anilines is 1. The van der Waals surface area contributed by atoms with Gasteiger partial charge in [-0.05, 0) is 58.2 Å². The molecule has 0 N–H and O–H groups in total. The maximum Gasteiger partial charge on any atom is 0.410 e. The van der Waals surface area contributed by atoms with E-state index in [4.69, 9.17) is 4.74 Å². The van der Waals surface area contributed by atoms with Crippen LogP contribution in [-0.4, -0.2) is 79.8 Å². The molecule has 2 heterocycles. The monoisotopic (exact) mass is 509 g/mol. The Morgan fingerprint density at radius 3 is 2.40 bits per heavy atom. The van der Waals surface area contributed by atoms with Crippen LogP contribution in [0.2, 0.25) is 0 Å². The van der Waals surface area contributed by atoms with Gasteiger partial charge in [-0.25, -0.2) is 17.6 Å². The third-order valence-electron chi connectivity index (χ3n) is 6.89. The van der Waals surface area contributed by atoms with Crippen molar-refractivity contribution in [2.24, 2.45) is 0 Å². The topological polar surface area (TPSA) is 87.2 Å². The van der Waals surface area contributed by atoms with Gasteiger partial charge in [-0.15, -0.1) is 0 Å². The zero-order valence-electron chi connectivity index (χ0n) is 21.4. The normalized spacial score (nSPS) is 22.8. The van der Waals surface area contributed by atoms with E-state index in [9.17, 15) is 22.4 Å². The van der Waals surface area contributed by atoms with Gasteiger partial charge in [0.1, 0.15) is 16.3 Å². The summed E-state index contributed by atoms with van der Waals surface area (Å²) >= 11 is 0. The van der Waals surface area contributed by atoms with Gasteiger partial charge in [0.05, 0.1) is 11.8 Å². The minimum atomic E-state index is -3.74. The molecular weight excluding hydrogens is 473 g/mol. The van der Waals surface area contributed by atoms with Crippen molar-refractivity contribution in [3.8, 4) is 0 Å². The first-order valence-corrected chi connectivity index (χ1v) is 13.7. The van der Waals surface area contributed by atoms with Crippen LogP contribution in [-0.2, 0) is 24.8 Å². The van der Waals surface area contributed by atoms with Crippen molar-refractivity contribution in [3.63, 3.8) is 0 Å². The van der Waals surface area contributed by atoms with Crippen molar-refractivity contribution in [1.29, 1.82) is 0 Å². The van der Waals surface area contributed by atoms with Crippen LogP contribution in [0.25, 0.3) is 0 Å². The minimum Gasteiger partial charge on any atom is -0.444 e. The molecule has 2 aliphatic heterocycles. The molecule has 0 aromatic heterocycles. The lowest BCUT2D eigenvalue weighted by Gasteiger charge is -2.40. The second kappa shape index (κ2) is 8.73. The van der Waals surface area contributed by atoms with Gasteiger partial charge in [-0.1, -0.05) is 13.8 Å². The predicted molar refractivity (Wildman–Crippen MR) is 131 cm³/mol. The molecular formula is C25H36FN3O5S. The fourth-order valence-electron chi connectivity index (χ4n) is 4.92. The van der Waals surface area contributed by atoms with Crippen molar-refractivity contribution in [3.05, 3.63) is 23.5 Å². The Morgan fingerprint density at radius 1 is 1.17 bits per heavy atom. The van der Waals surface area contributed by atoms with Crippen LogP contribution >= 0.6 is 0 Å². The summed E-state index contributed by atoms with van der Waals surface area (Å²) in [7, 11) is -3.74. The molecule has 1 atom stereocenters. The number of carbonyl (C=O) groups excluding carboxylic acids is 2. The van der Waals surface area contributed by atoms with E-state index in [1.807, 2.05) is 46.4 Å². The maximum absolute atomic E-state index is 14.9. The van der Waals surface area contributed by atoms with E-state index < -0.39 is 31.9 Å². The highest BCUT2D eigenvalue weighted by molar-refractivity contribution is 7.92. The number of sulfone groups is 1. The molecule has 1 aromatic rings. The zero-order valence-corrected chi connectivity index (χ0v) is 22.2. The van der Waals surface area contributed by atoms with Crippen molar-refractivity contribution in [1.82, 2.24) is 9.80 Å². The molecule has 1 saturated heterocycles. The average molecular weight is 510 g/mol. The predicted octanol–water partition coefficient (Wildman–Crippen LogP) is 3.33. The summed E-state index contributed by atoms with van der Waals surface area (Å²) in [6, 6.07) is 2.52. The molecule has 1 aromatic carbocycles. The molecule has 1 saturated carbocycles. The highest BCUT2D eigenvalue weighted by Crippen LogP contribution is 2.44. The van der Waals surface area contributed by atoms with Gasteiger partial charge in [0.25, 0.3) is 0 Å². The van der Waals surface area contributed by atoms with Gasteiger partial charge >= 0.3 is 6.09 Å². The number of halogens is 1. The van der Waals surface area contributed by atoms with Crippen LogP contribution in [0.1, 0.15) is 59.9 Å². The van der Waals surface area contributed by atoms with Gasteiger partial charge in [0.2, 0.25) is 5.91 Å². The van der Waals surface area contributed by atoms with Gasteiger partial charge in [0, 0.05) is 43.3 Å². The first-order chi connectivity index (χ1) is 16.1. The molecule has 3 aliphatic rings. The number of benzene rings is 1. The van der Waals surface area contributed by atoms with Crippen molar-refractivity contribution >= 4 is 27.5 Å². The first kappa shape index (κ1) is 25.9. The third kappa shape index (κ3) is 5.18. The Balaban J connectivity index is 1.49. The molecule has 0 unspecified atom stereocenters. The highest BCUT2D eigenvalue weighted by Gasteiger charge is 2.43. The molecule has 4 rings (SSSR count). The van der Waals surface area contributed by atoms with Gasteiger partial charge in [-0.2, -0.15) is 0 Å². The number of ether oxygens (including phenoxy) is 1. The van der Waals surface area contributed by atoms with E-state index in [0.717, 1.165) is 0 Å². The van der Waals surface area contributed by atoms with Crippen molar-refractivity contribution in [2.45, 2.75) is 81.6 Å². The molecule has 35 heavy (non-hydrogen) atoms. The summed E-state index contributed by atoms with van der Waals surface area (Å²) < 4.78 is 45.9. The molecule has 0 spiro atoms. The lowest BCUT2D eigenvalue weighted by atomic mass is 9.87. The smallest absolute Gasteiger partial charge is 0.410 e. The van der Waals surface area contributed by atoms with Crippen molar-refractivity contribution < 1.29 is 27.1 Å². The molecule has 0 bridgehead atoms. The van der Waals surface area contributed by atoms with Crippen LogP contribution in [0.4, 0.5) is 14.9 Å². The van der Waals surface area contributed by atoms with E-state index in [1.54, 1.807) is 9.80 Å². The first-order valence-electron chi connectivity index (χ1n) is 12.2. The standard InChI is InChI=1S/C25H36FN3O5S/c1-16-13-27(9-10-28(16)23(31)34-24(2,3)4)14-22(30)29-15-25(5,6)18-11-19(26)21(12-20(18)29)35(32,33)17-7-8-17/h11-12,16-17H,7-10,13-15H2,1-6H3/t16-/m1/s1. The summed E-state index contributed by atoms with van der Waals surface area (Å²) in [6.07, 6.45) is 0.721. The Labute approximate surface area is 207 Å². The number of hydrogen-bond donors (Lipinski definition) is 0. The Hall–Kier alpha value is -2.20. The average Bonchev–Trinajstić information content (AvgIpc) is 3.53. The van der Waals surface area contributed by atoms with E-state index in [0.29, 0.717) is 50.3 Å². The largest absolute Gasteiger partial charge is 0.444 e. The number of hydrogen-bond acceptors (Lipinski definition) is 6. The van der Waals surface area contributed by atoms with Crippen molar-refractivity contribution in [2.75, 3.05) is 37.6 Å². The summed E-state index contributed by atoms with van der Waals surface area (Å²) in [4.78, 5) is 30.8. The van der Waals surface area contributed by atoms with E-state index >= 15 is 0 Å². The fourth-order valence-corrected chi connectivity index (χ4v) is 6.64. The third-order valence-corrected chi connectivity index (χ3v) is 9.17. The number of rotatable bonds is 4. The number of fused-ring (bicyclic) bond motifs is 1. The number of nitrogens with zero attached hydrogens (tertiary/aromatic N) is 3. The molecule has 2 fully saturated rings. The minimum absolute atomic E-state index is 0.127. The quantitative estimate of drug-likeness (QED) is 0.619. The second-order valence-electron chi connectivity index (χ2n) is 11.7. The van der Waals surface area contributed by atoms with Crippen LogP contribution in [0.15, 0.2) is 17.0 Å². The summed E-state index contributed by atoms with van der Waals surface area (Å²) in [5, 5.41) is -0.531. The van der Waals surface area contributed by atoms with Crippen LogP contribution < -0.4 is 4.90 Å². The van der Waals surface area contributed by atoms with Crippen LogP contribution in [0.5, 0.6) is 0 Å². The molecule has 0 radical (unpaired) electrons. The summed E-state index contributed by atoms with van der Waals surface area (Å²) in [5.41, 5.74) is 0.0314. The molecule has 1 aliphatic carbocycles. The lowest BCUT2D eigenvalue weighted by molar-refractivity contribution is -0.120. The highest BCUT2D eigenvalue weighted by atomic mass is 32.2. The number of carbonyl (C=O) groups is 2. The molecule has 10 heteroatoms. The SMILES string of the molecule is C[C@@H]1CN(CC(=O)N2CC(C)(C)c3cc(F)c(S(=O)(=O)C4CC4)cc32)CCN1C(=O)OC(C)(C)C. The van der Waals surface area contributed by atoms with Gasteiger partial charge < -0.3 is 14.5 Å². The fraction of sp³-hybridized carbons (Fsp3) is 0.680. The zero-order chi connectivity index (χ0) is 25.9. The molecule has 2 amide bonds. The second-order valence-corrected chi connectivity index (χ2v) is 13.9. The Morgan fingerprint density at radius 2 is 1.83 bits per heavy atom. The Bertz CT molecular complexity index is 1140. The van der Waals surface area contributed by atoms with Gasteiger partial charge in [-0.3, -0.25) is 9.69 Å². The van der Waals surface area contributed by atoms with E-state index in [2.05, 4.69) is 0 Å². The molecule has 8 nitrogen and oxygen atoms in total. The Kier molecular flexibility index (Phi) is 6.45. The lowest BCUT2D eigenvalue weighted by Crippen LogP contribution is -2.56. The number of amides is 2. The maximum atomic E-state index is 14.9. The summed E-state index contributed by atoms with van der Waals surface area (Å²) in [5.74, 6) is -0.916. The van der Waals surface area contributed by atoms with Crippen LogP contribution in [0.3, 0.4) is 0 Å². The molecule has 194 valence electrons. The van der Waals surface area contributed by atoms with Crippen LogP contribution in [0, 0.1) is 5.82 Å². The van der Waals surface area contributed by atoms with Gasteiger partial charge in [0.15, 0.2) is 9.84 Å². The van der Waals surface area contributed by atoms with E-state index in [-0.39, 0.29) is 29.5 Å². The van der Waals surface area contributed by atoms with E-state index in [1.165, 1.54) is 12.1 Å².